The van der Waals surface area contributed by atoms with Crippen LogP contribution in [-0.2, 0) is 0 Å². The topological polar surface area (TPSA) is 12.0 Å². The summed E-state index contributed by atoms with van der Waals surface area (Å²) in [6.45, 7) is 3.39. The van der Waals surface area contributed by atoms with Gasteiger partial charge in [0.05, 0.1) is 0 Å². The van der Waals surface area contributed by atoms with E-state index in [0.717, 1.165) is 12.5 Å². The molecule has 0 aliphatic heterocycles. The van der Waals surface area contributed by atoms with E-state index in [4.69, 9.17) is 0 Å². The predicted octanol–water partition coefficient (Wildman–Crippen LogP) is 4.83. The van der Waals surface area contributed by atoms with Gasteiger partial charge in [-0.15, -0.1) is 0 Å². The number of likely N-dealkylation sites (N-methyl/N-ethyl adjacent to an activating group) is 1. The minimum absolute atomic E-state index is 0.702. The molecule has 1 N–H and O–H groups in total. The summed E-state index contributed by atoms with van der Waals surface area (Å²) >= 11 is 0. The van der Waals surface area contributed by atoms with Crippen LogP contribution in [0.1, 0.15) is 77.6 Å². The third-order valence-corrected chi connectivity index (χ3v) is 4.77. The van der Waals surface area contributed by atoms with E-state index in [1.54, 1.807) is 5.57 Å². The normalized spacial score (nSPS) is 25.1. The second-order valence-corrected chi connectivity index (χ2v) is 6.17. The van der Waals surface area contributed by atoms with Crippen molar-refractivity contribution in [3.05, 3.63) is 11.6 Å². The minimum Gasteiger partial charge on any atom is -0.310 e. The van der Waals surface area contributed by atoms with Gasteiger partial charge in [-0.1, -0.05) is 50.7 Å². The van der Waals surface area contributed by atoms with Crippen molar-refractivity contribution in [1.29, 1.82) is 0 Å². The maximum atomic E-state index is 3.80. The minimum atomic E-state index is 0.702. The Morgan fingerprint density at radius 1 is 1.06 bits per heavy atom. The van der Waals surface area contributed by atoms with Gasteiger partial charge >= 0.3 is 0 Å². The second-order valence-electron chi connectivity index (χ2n) is 6.17. The smallest absolute Gasteiger partial charge is 0.0307 e. The average Bonchev–Trinajstić information content (AvgIpc) is 2.38. The zero-order chi connectivity index (χ0) is 12.6. The Bertz CT molecular complexity index is 250. The van der Waals surface area contributed by atoms with E-state index in [1.165, 1.54) is 70.6 Å². The second kappa shape index (κ2) is 7.99. The predicted molar refractivity (Wildman–Crippen MR) is 79.8 cm³/mol. The molecule has 0 aromatic heterocycles. The van der Waals surface area contributed by atoms with Crippen molar-refractivity contribution in [2.75, 3.05) is 6.54 Å². The molecule has 2 rings (SSSR count). The first-order chi connectivity index (χ1) is 8.92. The third-order valence-electron chi connectivity index (χ3n) is 4.77. The van der Waals surface area contributed by atoms with Crippen LogP contribution in [0.5, 0.6) is 0 Å². The number of rotatable bonds is 4. The zero-order valence-electron chi connectivity index (χ0n) is 12.2. The Morgan fingerprint density at radius 2 is 1.78 bits per heavy atom. The molecule has 2 aliphatic carbocycles. The molecule has 0 aromatic rings. The summed E-state index contributed by atoms with van der Waals surface area (Å²) in [4.78, 5) is 0. The SMILES string of the molecule is CCNC(C1=CCCCCCC1)C1CCCCC1. The molecule has 0 heterocycles. The summed E-state index contributed by atoms with van der Waals surface area (Å²) in [7, 11) is 0. The monoisotopic (exact) mass is 249 g/mol. The van der Waals surface area contributed by atoms with E-state index in [2.05, 4.69) is 18.3 Å². The first-order valence-electron chi connectivity index (χ1n) is 8.34. The molecule has 0 radical (unpaired) electrons. The Labute approximate surface area is 113 Å². The molecule has 18 heavy (non-hydrogen) atoms. The lowest BCUT2D eigenvalue weighted by atomic mass is 9.79. The van der Waals surface area contributed by atoms with Crippen molar-refractivity contribution in [3.8, 4) is 0 Å². The van der Waals surface area contributed by atoms with Gasteiger partial charge < -0.3 is 5.32 Å². The van der Waals surface area contributed by atoms with Crippen LogP contribution in [0.4, 0.5) is 0 Å². The highest BCUT2D eigenvalue weighted by atomic mass is 14.9. The lowest BCUT2D eigenvalue weighted by molar-refractivity contribution is 0.289. The van der Waals surface area contributed by atoms with Crippen molar-refractivity contribution >= 4 is 0 Å². The fraction of sp³-hybridized carbons (Fsp3) is 0.882. The molecule has 0 bridgehead atoms. The Hall–Kier alpha value is -0.300. The summed E-state index contributed by atoms with van der Waals surface area (Å²) in [5.41, 5.74) is 1.75. The van der Waals surface area contributed by atoms with Gasteiger partial charge in [-0.05, 0) is 51.0 Å². The summed E-state index contributed by atoms with van der Waals surface area (Å²) in [6.07, 6.45) is 18.3. The van der Waals surface area contributed by atoms with Gasteiger partial charge in [0.2, 0.25) is 0 Å². The van der Waals surface area contributed by atoms with E-state index in [-0.39, 0.29) is 0 Å². The van der Waals surface area contributed by atoms with E-state index < -0.39 is 0 Å². The van der Waals surface area contributed by atoms with E-state index >= 15 is 0 Å². The molecular weight excluding hydrogens is 218 g/mol. The van der Waals surface area contributed by atoms with Gasteiger partial charge in [-0.2, -0.15) is 0 Å². The molecule has 1 unspecified atom stereocenters. The van der Waals surface area contributed by atoms with Crippen LogP contribution in [0.2, 0.25) is 0 Å². The maximum absolute atomic E-state index is 3.80. The highest BCUT2D eigenvalue weighted by Gasteiger charge is 2.25. The van der Waals surface area contributed by atoms with Gasteiger partial charge in [-0.3, -0.25) is 0 Å². The van der Waals surface area contributed by atoms with E-state index in [0.29, 0.717) is 6.04 Å². The Morgan fingerprint density at radius 3 is 2.56 bits per heavy atom. The average molecular weight is 249 g/mol. The number of nitrogens with one attached hydrogen (secondary N) is 1. The molecule has 1 fully saturated rings. The molecule has 0 saturated heterocycles. The summed E-state index contributed by atoms with van der Waals surface area (Å²) < 4.78 is 0. The number of allylic oxidation sites excluding steroid dienone is 1. The van der Waals surface area contributed by atoms with Crippen LogP contribution in [0, 0.1) is 5.92 Å². The lowest BCUT2D eigenvalue weighted by Crippen LogP contribution is -2.39. The summed E-state index contributed by atoms with van der Waals surface area (Å²) in [5.74, 6) is 0.921. The van der Waals surface area contributed by atoms with Gasteiger partial charge in [0.1, 0.15) is 0 Å². The third kappa shape index (κ3) is 4.12. The molecule has 0 aromatic carbocycles. The standard InChI is InChI=1S/C17H31N/c1-2-18-17(16-13-9-6-10-14-16)15-11-7-4-3-5-8-12-15/h11,16-18H,2-10,12-14H2,1H3. The molecule has 1 atom stereocenters. The van der Waals surface area contributed by atoms with Crippen LogP contribution in [0.15, 0.2) is 11.6 Å². The highest BCUT2D eigenvalue weighted by molar-refractivity contribution is 5.13. The first-order valence-corrected chi connectivity index (χ1v) is 8.34. The van der Waals surface area contributed by atoms with Crippen molar-refractivity contribution in [2.45, 2.75) is 83.6 Å². The molecule has 0 spiro atoms. The van der Waals surface area contributed by atoms with Gasteiger partial charge in [0, 0.05) is 6.04 Å². The fourth-order valence-corrected chi connectivity index (χ4v) is 3.79. The van der Waals surface area contributed by atoms with Crippen LogP contribution in [0.25, 0.3) is 0 Å². The van der Waals surface area contributed by atoms with Crippen LogP contribution in [0.3, 0.4) is 0 Å². The molecule has 104 valence electrons. The van der Waals surface area contributed by atoms with Crippen molar-refractivity contribution in [2.24, 2.45) is 5.92 Å². The molecule has 1 saturated carbocycles. The Kier molecular flexibility index (Phi) is 6.26. The molecular formula is C17H31N. The number of hydrogen-bond donors (Lipinski definition) is 1. The largest absolute Gasteiger partial charge is 0.310 e. The maximum Gasteiger partial charge on any atom is 0.0307 e. The van der Waals surface area contributed by atoms with Gasteiger partial charge in [-0.25, -0.2) is 0 Å². The van der Waals surface area contributed by atoms with Crippen molar-refractivity contribution < 1.29 is 0 Å². The van der Waals surface area contributed by atoms with Crippen LogP contribution >= 0.6 is 0 Å². The number of hydrogen-bond acceptors (Lipinski definition) is 1. The molecule has 1 nitrogen and oxygen atoms in total. The fourth-order valence-electron chi connectivity index (χ4n) is 3.79. The van der Waals surface area contributed by atoms with E-state index in [1.807, 2.05) is 0 Å². The van der Waals surface area contributed by atoms with Crippen LogP contribution in [-0.4, -0.2) is 12.6 Å². The van der Waals surface area contributed by atoms with Gasteiger partial charge in [0.25, 0.3) is 0 Å². The lowest BCUT2D eigenvalue weighted by Gasteiger charge is -2.33. The molecule has 2 aliphatic rings. The zero-order valence-corrected chi connectivity index (χ0v) is 12.2. The van der Waals surface area contributed by atoms with Crippen LogP contribution < -0.4 is 5.32 Å². The Balaban J connectivity index is 2.01. The first kappa shape index (κ1) is 14.1. The molecule has 1 heteroatoms. The summed E-state index contributed by atoms with van der Waals surface area (Å²) in [6, 6.07) is 0.702. The molecule has 0 amide bonds. The van der Waals surface area contributed by atoms with Crippen molar-refractivity contribution in [1.82, 2.24) is 5.32 Å². The van der Waals surface area contributed by atoms with E-state index in [9.17, 15) is 0 Å². The highest BCUT2D eigenvalue weighted by Crippen LogP contribution is 2.32. The quantitative estimate of drug-likeness (QED) is 0.704. The summed E-state index contributed by atoms with van der Waals surface area (Å²) in [5, 5.41) is 3.80. The van der Waals surface area contributed by atoms with Crippen molar-refractivity contribution in [3.63, 3.8) is 0 Å². The van der Waals surface area contributed by atoms with Gasteiger partial charge in [0.15, 0.2) is 0 Å².